The topological polar surface area (TPSA) is 72.6 Å². The van der Waals surface area contributed by atoms with Gasteiger partial charge in [-0.25, -0.2) is 19.0 Å². The molecule has 0 bridgehead atoms. The Labute approximate surface area is 167 Å². The number of pyridine rings is 2. The molecule has 1 aliphatic rings. The summed E-state index contributed by atoms with van der Waals surface area (Å²) in [5.41, 5.74) is 3.15. The fraction of sp³-hybridized carbons (Fsp3) is 0.286. The number of nitrogens with zero attached hydrogens (tertiary/aromatic N) is 7. The minimum absolute atomic E-state index is 0.385. The lowest BCUT2D eigenvalue weighted by Crippen LogP contribution is -2.36. The monoisotopic (exact) mass is 389 g/mol. The first-order valence-electron chi connectivity index (χ1n) is 9.66. The maximum absolute atomic E-state index is 13.8. The van der Waals surface area contributed by atoms with Crippen LogP contribution in [0, 0.1) is 6.92 Å². The van der Waals surface area contributed by atoms with E-state index in [-0.39, 0.29) is 0 Å². The van der Waals surface area contributed by atoms with E-state index in [1.165, 1.54) is 0 Å². The van der Waals surface area contributed by atoms with Crippen molar-refractivity contribution in [3.63, 3.8) is 0 Å². The van der Waals surface area contributed by atoms with Crippen LogP contribution in [0.1, 0.15) is 18.5 Å². The van der Waals surface area contributed by atoms with Gasteiger partial charge in [-0.1, -0.05) is 6.07 Å². The molecule has 1 fully saturated rings. The summed E-state index contributed by atoms with van der Waals surface area (Å²) in [6.45, 7) is 3.10. The lowest BCUT2D eigenvalue weighted by molar-refractivity contribution is 0.286. The van der Waals surface area contributed by atoms with Gasteiger partial charge in [0, 0.05) is 24.3 Å². The fourth-order valence-electron chi connectivity index (χ4n) is 3.67. The zero-order valence-electron chi connectivity index (χ0n) is 16.0. The molecular formula is C21H20FN7. The Morgan fingerprint density at radius 2 is 1.93 bits per heavy atom. The zero-order valence-corrected chi connectivity index (χ0v) is 16.0. The summed E-state index contributed by atoms with van der Waals surface area (Å²) in [4.78, 5) is 20.0. The van der Waals surface area contributed by atoms with Gasteiger partial charge in [-0.2, -0.15) is 5.10 Å². The maximum Gasteiger partial charge on any atom is 0.156 e. The second-order valence-corrected chi connectivity index (χ2v) is 7.27. The van der Waals surface area contributed by atoms with Gasteiger partial charge in [0.05, 0.1) is 35.8 Å². The SMILES string of the molecule is Cc1cncc(-c2cc3c(cn2)cnn3-c2cccc(N3CCC[C@H](F)C3)n2)n1. The number of hydrogen-bond acceptors (Lipinski definition) is 6. The second-order valence-electron chi connectivity index (χ2n) is 7.27. The molecule has 5 rings (SSSR count). The minimum atomic E-state index is -0.802. The molecule has 1 aliphatic heterocycles. The van der Waals surface area contributed by atoms with Gasteiger partial charge in [-0.3, -0.25) is 9.97 Å². The summed E-state index contributed by atoms with van der Waals surface area (Å²) in [5, 5.41) is 5.41. The summed E-state index contributed by atoms with van der Waals surface area (Å²) in [6.07, 6.45) is 7.61. The number of alkyl halides is 1. The first-order valence-corrected chi connectivity index (χ1v) is 9.66. The number of aromatic nitrogens is 6. The first kappa shape index (κ1) is 17.7. The fourth-order valence-corrected chi connectivity index (χ4v) is 3.67. The van der Waals surface area contributed by atoms with Crippen LogP contribution < -0.4 is 4.90 Å². The van der Waals surface area contributed by atoms with E-state index in [1.807, 2.05) is 36.1 Å². The lowest BCUT2D eigenvalue weighted by atomic mass is 10.1. The van der Waals surface area contributed by atoms with Crippen molar-refractivity contribution in [3.8, 4) is 17.2 Å². The summed E-state index contributed by atoms with van der Waals surface area (Å²) in [6, 6.07) is 7.70. The van der Waals surface area contributed by atoms with Gasteiger partial charge in [-0.15, -0.1) is 0 Å². The molecule has 0 unspecified atom stereocenters. The molecule has 146 valence electrons. The highest BCUT2D eigenvalue weighted by Crippen LogP contribution is 2.24. The Bertz CT molecular complexity index is 1170. The van der Waals surface area contributed by atoms with Crippen LogP contribution in [0.4, 0.5) is 10.2 Å². The predicted molar refractivity (Wildman–Crippen MR) is 109 cm³/mol. The second kappa shape index (κ2) is 7.20. The van der Waals surface area contributed by atoms with E-state index in [9.17, 15) is 4.39 Å². The van der Waals surface area contributed by atoms with Crippen molar-refractivity contribution in [2.75, 3.05) is 18.0 Å². The van der Waals surface area contributed by atoms with Crippen molar-refractivity contribution in [2.45, 2.75) is 25.9 Å². The van der Waals surface area contributed by atoms with Gasteiger partial charge in [0.2, 0.25) is 0 Å². The first-order chi connectivity index (χ1) is 14.2. The molecule has 8 heteroatoms. The van der Waals surface area contributed by atoms with Crippen LogP contribution >= 0.6 is 0 Å². The Morgan fingerprint density at radius 3 is 2.79 bits per heavy atom. The van der Waals surface area contributed by atoms with Gasteiger partial charge < -0.3 is 4.90 Å². The van der Waals surface area contributed by atoms with E-state index >= 15 is 0 Å². The average molecular weight is 389 g/mol. The smallest absolute Gasteiger partial charge is 0.156 e. The number of halogens is 1. The third-order valence-electron chi connectivity index (χ3n) is 5.09. The van der Waals surface area contributed by atoms with Crippen LogP contribution in [-0.4, -0.2) is 49.0 Å². The van der Waals surface area contributed by atoms with Crippen LogP contribution in [0.5, 0.6) is 0 Å². The molecule has 0 spiro atoms. The third kappa shape index (κ3) is 3.41. The van der Waals surface area contributed by atoms with E-state index in [0.717, 1.165) is 41.1 Å². The van der Waals surface area contributed by atoms with Crippen molar-refractivity contribution >= 4 is 16.7 Å². The van der Waals surface area contributed by atoms with Crippen LogP contribution in [0.25, 0.3) is 28.1 Å². The molecule has 0 saturated carbocycles. The molecular weight excluding hydrogens is 369 g/mol. The Morgan fingerprint density at radius 1 is 1.03 bits per heavy atom. The molecule has 7 nitrogen and oxygen atoms in total. The maximum atomic E-state index is 13.8. The van der Waals surface area contributed by atoms with Crippen LogP contribution in [0.2, 0.25) is 0 Å². The molecule has 0 N–H and O–H groups in total. The van der Waals surface area contributed by atoms with Crippen molar-refractivity contribution < 1.29 is 4.39 Å². The molecule has 0 aromatic carbocycles. The van der Waals surface area contributed by atoms with Crippen molar-refractivity contribution in [2.24, 2.45) is 0 Å². The van der Waals surface area contributed by atoms with Gasteiger partial charge in [0.25, 0.3) is 0 Å². The zero-order chi connectivity index (χ0) is 19.8. The number of aryl methyl sites for hydroxylation is 1. The largest absolute Gasteiger partial charge is 0.354 e. The third-order valence-corrected chi connectivity index (χ3v) is 5.09. The van der Waals surface area contributed by atoms with E-state index in [0.29, 0.717) is 24.5 Å². The summed E-state index contributed by atoms with van der Waals surface area (Å²) in [7, 11) is 0. The molecule has 5 heterocycles. The van der Waals surface area contributed by atoms with Gasteiger partial charge >= 0.3 is 0 Å². The Kier molecular flexibility index (Phi) is 4.38. The number of hydrogen-bond donors (Lipinski definition) is 0. The predicted octanol–water partition coefficient (Wildman–Crippen LogP) is 3.52. The Hall–Kier alpha value is -3.42. The van der Waals surface area contributed by atoms with Crippen LogP contribution in [-0.2, 0) is 0 Å². The molecule has 1 saturated heterocycles. The van der Waals surface area contributed by atoms with Gasteiger partial charge in [0.1, 0.15) is 17.7 Å². The average Bonchev–Trinajstić information content (AvgIpc) is 3.17. The normalized spacial score (nSPS) is 17.0. The molecule has 4 aromatic rings. The molecule has 29 heavy (non-hydrogen) atoms. The van der Waals surface area contributed by atoms with E-state index in [2.05, 4.69) is 20.1 Å². The number of piperidine rings is 1. The van der Waals surface area contributed by atoms with E-state index in [4.69, 9.17) is 4.98 Å². The summed E-state index contributed by atoms with van der Waals surface area (Å²) in [5.74, 6) is 1.46. The standard InChI is InChI=1S/C21H20FN7/c1-14-9-23-12-18(26-14)17-8-19-15(10-24-17)11-25-29(19)21-6-2-5-20(27-21)28-7-3-4-16(22)13-28/h2,5-6,8-12,16H,3-4,7,13H2,1H3/t16-/m0/s1. The molecule has 0 amide bonds. The molecule has 1 atom stereocenters. The van der Waals surface area contributed by atoms with Crippen LogP contribution in [0.15, 0.2) is 49.1 Å². The lowest BCUT2D eigenvalue weighted by Gasteiger charge is -2.30. The van der Waals surface area contributed by atoms with E-state index in [1.54, 1.807) is 29.5 Å². The Balaban J connectivity index is 1.55. The minimum Gasteiger partial charge on any atom is -0.354 e. The number of anilines is 1. The summed E-state index contributed by atoms with van der Waals surface area (Å²) < 4.78 is 15.6. The number of fused-ring (bicyclic) bond motifs is 1. The number of rotatable bonds is 3. The van der Waals surface area contributed by atoms with E-state index < -0.39 is 6.17 Å². The van der Waals surface area contributed by atoms with Gasteiger partial charge in [0.15, 0.2) is 5.82 Å². The van der Waals surface area contributed by atoms with Crippen molar-refractivity contribution in [1.29, 1.82) is 0 Å². The van der Waals surface area contributed by atoms with Crippen LogP contribution in [0.3, 0.4) is 0 Å². The molecule has 4 aromatic heterocycles. The molecule has 0 radical (unpaired) electrons. The van der Waals surface area contributed by atoms with Gasteiger partial charge in [-0.05, 0) is 38.0 Å². The summed E-state index contributed by atoms with van der Waals surface area (Å²) >= 11 is 0. The van der Waals surface area contributed by atoms with Crippen molar-refractivity contribution in [3.05, 3.63) is 54.7 Å². The quantitative estimate of drug-likeness (QED) is 0.534. The highest BCUT2D eigenvalue weighted by atomic mass is 19.1. The van der Waals surface area contributed by atoms with Crippen molar-refractivity contribution in [1.82, 2.24) is 29.7 Å². The highest BCUT2D eigenvalue weighted by molar-refractivity contribution is 5.82. The highest BCUT2D eigenvalue weighted by Gasteiger charge is 2.20. The molecule has 0 aliphatic carbocycles.